The van der Waals surface area contributed by atoms with E-state index in [2.05, 4.69) is 23.6 Å². The maximum atomic E-state index is 8.26. The number of nitrogens with zero attached hydrogens (tertiary/aromatic N) is 1. The van der Waals surface area contributed by atoms with Crippen LogP contribution in [0.5, 0.6) is 0 Å². The molecule has 0 aliphatic rings. The lowest BCUT2D eigenvalue weighted by atomic mass is 9.89. The fourth-order valence-electron chi connectivity index (χ4n) is 3.72. The summed E-state index contributed by atoms with van der Waals surface area (Å²) in [7, 11) is 2.01. The fraction of sp³-hybridized carbons (Fsp3) is 0.148. The minimum absolute atomic E-state index is 0.371. The topological polar surface area (TPSA) is 3.88 Å². The molecule has 1 heterocycles. The van der Waals surface area contributed by atoms with Crippen molar-refractivity contribution in [1.29, 1.82) is 0 Å². The molecule has 0 radical (unpaired) electrons. The summed E-state index contributed by atoms with van der Waals surface area (Å²) in [4.78, 5) is 0. The van der Waals surface area contributed by atoms with Crippen molar-refractivity contribution in [1.82, 2.24) is 0 Å². The van der Waals surface area contributed by atoms with Crippen molar-refractivity contribution in [3.8, 4) is 33.5 Å². The third kappa shape index (κ3) is 3.36. The molecule has 4 rings (SSSR count). The first-order valence-corrected chi connectivity index (χ1v) is 9.52. The van der Waals surface area contributed by atoms with Crippen molar-refractivity contribution in [2.45, 2.75) is 20.7 Å². The number of hydrogen-bond acceptors (Lipinski definition) is 0. The highest BCUT2D eigenvalue weighted by molar-refractivity contribution is 5.85. The second-order valence-electron chi connectivity index (χ2n) is 7.32. The highest BCUT2D eigenvalue weighted by Gasteiger charge is 2.18. The van der Waals surface area contributed by atoms with Crippen LogP contribution in [0.4, 0.5) is 0 Å². The predicted octanol–water partition coefficient (Wildman–Crippen LogP) is 6.44. The quantitative estimate of drug-likeness (QED) is 0.367. The van der Waals surface area contributed by atoms with Crippen molar-refractivity contribution >= 4 is 0 Å². The predicted molar refractivity (Wildman–Crippen MR) is 118 cm³/mol. The van der Waals surface area contributed by atoms with Gasteiger partial charge in [0.25, 0.3) is 0 Å². The van der Waals surface area contributed by atoms with Crippen molar-refractivity contribution in [3.63, 3.8) is 0 Å². The molecule has 0 aliphatic carbocycles. The molecule has 0 unspecified atom stereocenters. The normalized spacial score (nSPS) is 12.9. The van der Waals surface area contributed by atoms with Gasteiger partial charge >= 0.3 is 0 Å². The minimum Gasteiger partial charge on any atom is -0.201 e. The van der Waals surface area contributed by atoms with E-state index in [1.54, 1.807) is 0 Å². The summed E-state index contributed by atoms with van der Waals surface area (Å²) in [6.07, 6.45) is 2.01. The summed E-state index contributed by atoms with van der Waals surface area (Å²) < 4.78 is 26.8. The molecule has 1 nitrogen and oxygen atoms in total. The Bertz CT molecular complexity index is 1240. The van der Waals surface area contributed by atoms with Crippen LogP contribution in [-0.2, 0) is 7.05 Å². The molecule has 0 aliphatic heterocycles. The average molecular weight is 368 g/mol. The van der Waals surface area contributed by atoms with Crippen LogP contribution in [0.1, 0.15) is 20.8 Å². The van der Waals surface area contributed by atoms with Crippen molar-refractivity contribution < 1.29 is 8.68 Å². The van der Waals surface area contributed by atoms with E-state index in [0.29, 0.717) is 5.56 Å². The number of benzene rings is 3. The monoisotopic (exact) mass is 367 g/mol. The summed E-state index contributed by atoms with van der Waals surface area (Å²) >= 11 is 0. The van der Waals surface area contributed by atoms with E-state index in [1.807, 2.05) is 86.9 Å². The highest BCUT2D eigenvalue weighted by atomic mass is 14.9. The third-order valence-electron chi connectivity index (χ3n) is 5.28. The Hall–Kier alpha value is -3.19. The molecule has 3 aromatic carbocycles. The van der Waals surface area contributed by atoms with Crippen LogP contribution >= 0.6 is 0 Å². The molecule has 0 bridgehead atoms. The Labute approximate surface area is 172 Å². The minimum atomic E-state index is -2.23. The van der Waals surface area contributed by atoms with Crippen molar-refractivity contribution in [2.24, 2.45) is 7.05 Å². The molecule has 0 amide bonds. The van der Waals surface area contributed by atoms with Crippen molar-refractivity contribution in [3.05, 3.63) is 102 Å². The Morgan fingerprint density at radius 2 is 1.50 bits per heavy atom. The molecular weight excluding hydrogens is 338 g/mol. The van der Waals surface area contributed by atoms with Gasteiger partial charge < -0.3 is 0 Å². The third-order valence-corrected chi connectivity index (χ3v) is 5.28. The van der Waals surface area contributed by atoms with E-state index < -0.39 is 6.85 Å². The van der Waals surface area contributed by atoms with Crippen LogP contribution in [0.15, 0.2) is 85.1 Å². The SMILES string of the molecule is [2H]C([2H])([2H])c1cc(-c2ccc(C)cc2)ccc1-c1cccc(C)c1-c1cccc[n+]1C. The molecule has 138 valence electrons. The smallest absolute Gasteiger partial charge is 0.201 e. The van der Waals surface area contributed by atoms with Gasteiger partial charge in [-0.1, -0.05) is 66.2 Å². The Kier molecular flexibility index (Phi) is 3.94. The molecule has 0 atom stereocenters. The lowest BCUT2D eigenvalue weighted by molar-refractivity contribution is -0.660. The van der Waals surface area contributed by atoms with Gasteiger partial charge in [0.05, 0.1) is 5.56 Å². The zero-order valence-corrected chi connectivity index (χ0v) is 16.5. The van der Waals surface area contributed by atoms with Gasteiger partial charge in [-0.05, 0) is 60.1 Å². The average Bonchev–Trinajstić information content (AvgIpc) is 2.74. The zero-order valence-electron chi connectivity index (χ0n) is 19.5. The Balaban J connectivity index is 1.96. The molecule has 0 N–H and O–H groups in total. The number of rotatable bonds is 3. The van der Waals surface area contributed by atoms with Gasteiger partial charge in [0.1, 0.15) is 7.05 Å². The molecule has 0 spiro atoms. The lowest BCUT2D eigenvalue weighted by Gasteiger charge is -2.15. The first kappa shape index (κ1) is 14.8. The van der Waals surface area contributed by atoms with Gasteiger partial charge in [-0.15, -0.1) is 0 Å². The first-order valence-electron chi connectivity index (χ1n) is 11.0. The summed E-state index contributed by atoms with van der Waals surface area (Å²) in [5.74, 6) is 0. The van der Waals surface area contributed by atoms with Gasteiger partial charge in [-0.2, -0.15) is 0 Å². The van der Waals surface area contributed by atoms with Crippen LogP contribution in [0.25, 0.3) is 33.5 Å². The Morgan fingerprint density at radius 3 is 2.25 bits per heavy atom. The van der Waals surface area contributed by atoms with Gasteiger partial charge in [0.15, 0.2) is 6.20 Å². The second-order valence-corrected chi connectivity index (χ2v) is 7.32. The van der Waals surface area contributed by atoms with Crippen LogP contribution in [0.3, 0.4) is 0 Å². The summed E-state index contributed by atoms with van der Waals surface area (Å²) in [5.41, 5.74) is 8.37. The number of hydrogen-bond donors (Lipinski definition) is 0. The van der Waals surface area contributed by atoms with E-state index in [4.69, 9.17) is 4.11 Å². The van der Waals surface area contributed by atoms with E-state index >= 15 is 0 Å². The van der Waals surface area contributed by atoms with E-state index in [-0.39, 0.29) is 0 Å². The molecule has 1 heteroatoms. The van der Waals surface area contributed by atoms with Crippen LogP contribution in [0, 0.1) is 20.7 Å². The van der Waals surface area contributed by atoms with E-state index in [0.717, 1.165) is 39.1 Å². The lowest BCUT2D eigenvalue weighted by Crippen LogP contribution is -2.30. The summed E-state index contributed by atoms with van der Waals surface area (Å²) in [6, 6.07) is 26.1. The van der Waals surface area contributed by atoms with Crippen LogP contribution < -0.4 is 4.57 Å². The molecular formula is C27H26N+. The molecule has 0 saturated heterocycles. The van der Waals surface area contributed by atoms with Crippen LogP contribution in [-0.4, -0.2) is 0 Å². The zero-order chi connectivity index (χ0) is 22.2. The summed E-state index contributed by atoms with van der Waals surface area (Å²) in [5, 5.41) is 0. The van der Waals surface area contributed by atoms with Gasteiger partial charge in [-0.25, -0.2) is 4.57 Å². The van der Waals surface area contributed by atoms with E-state index in [1.165, 1.54) is 5.56 Å². The number of aryl methyl sites for hydroxylation is 4. The largest absolute Gasteiger partial charge is 0.213 e. The van der Waals surface area contributed by atoms with E-state index in [9.17, 15) is 0 Å². The molecule has 0 fully saturated rings. The summed E-state index contributed by atoms with van der Waals surface area (Å²) in [6.45, 7) is 1.89. The maximum absolute atomic E-state index is 8.26. The molecule has 28 heavy (non-hydrogen) atoms. The maximum Gasteiger partial charge on any atom is 0.213 e. The fourth-order valence-corrected chi connectivity index (χ4v) is 3.72. The van der Waals surface area contributed by atoms with Gasteiger partial charge in [0.2, 0.25) is 5.69 Å². The standard InChI is InChI=1S/C27H26N/c1-19-11-13-22(14-12-19)23-15-16-24(21(3)18-23)25-9-7-8-20(2)27(25)26-10-5-6-17-28(26)4/h5-18H,1-4H3/q+1/i3D3. The Morgan fingerprint density at radius 1 is 0.714 bits per heavy atom. The van der Waals surface area contributed by atoms with Gasteiger partial charge in [-0.3, -0.25) is 0 Å². The molecule has 4 aromatic rings. The number of aromatic nitrogens is 1. The molecule has 0 saturated carbocycles. The number of pyridine rings is 1. The first-order chi connectivity index (χ1) is 14.8. The van der Waals surface area contributed by atoms with Crippen LogP contribution in [0.2, 0.25) is 0 Å². The van der Waals surface area contributed by atoms with Crippen molar-refractivity contribution in [2.75, 3.05) is 0 Å². The second kappa shape index (κ2) is 7.44. The highest BCUT2D eigenvalue weighted by Crippen LogP contribution is 2.36. The van der Waals surface area contributed by atoms with Gasteiger partial charge in [0, 0.05) is 16.2 Å². The molecule has 1 aromatic heterocycles.